The van der Waals surface area contributed by atoms with Gasteiger partial charge in [-0.15, -0.1) is 12.6 Å². The molecule has 2 rings (SSSR count). The largest absolute Gasteiger partial charge is 0.336 e. The molecule has 104 valence electrons. The molecule has 1 fully saturated rings. The van der Waals surface area contributed by atoms with Crippen LogP contribution in [0.25, 0.3) is 0 Å². The third-order valence-electron chi connectivity index (χ3n) is 3.38. The topological polar surface area (TPSA) is 20.3 Å². The lowest BCUT2D eigenvalue weighted by Gasteiger charge is -2.23. The van der Waals surface area contributed by atoms with Gasteiger partial charge in [0.25, 0.3) is 5.91 Å². The fraction of sp³-hybridized carbons (Fsp3) is 0.533. The van der Waals surface area contributed by atoms with Gasteiger partial charge in [-0.2, -0.15) is 0 Å². The van der Waals surface area contributed by atoms with E-state index in [4.69, 9.17) is 0 Å². The molecule has 1 saturated carbocycles. The van der Waals surface area contributed by atoms with Crippen LogP contribution in [0.1, 0.15) is 43.5 Å². The van der Waals surface area contributed by atoms with Gasteiger partial charge in [-0.3, -0.25) is 4.79 Å². The molecule has 19 heavy (non-hydrogen) atoms. The quantitative estimate of drug-likeness (QED) is 0.815. The van der Waals surface area contributed by atoms with E-state index in [2.05, 4.69) is 26.5 Å². The van der Waals surface area contributed by atoms with Crippen LogP contribution in [0, 0.1) is 11.7 Å². The summed E-state index contributed by atoms with van der Waals surface area (Å²) < 4.78 is 13.8. The van der Waals surface area contributed by atoms with Crippen molar-refractivity contribution in [2.75, 3.05) is 6.54 Å². The Hall–Kier alpha value is -1.03. The summed E-state index contributed by atoms with van der Waals surface area (Å²) in [6.07, 6.45) is 3.02. The van der Waals surface area contributed by atoms with Gasteiger partial charge in [0.05, 0.1) is 5.56 Å². The lowest BCUT2D eigenvalue weighted by Crippen LogP contribution is -2.35. The summed E-state index contributed by atoms with van der Waals surface area (Å²) in [5.74, 6) is -0.121. The molecule has 1 aromatic rings. The van der Waals surface area contributed by atoms with E-state index in [1.807, 2.05) is 4.90 Å². The molecule has 0 aromatic heterocycles. The zero-order valence-corrected chi connectivity index (χ0v) is 12.3. The van der Waals surface area contributed by atoms with Gasteiger partial charge in [-0.25, -0.2) is 4.39 Å². The van der Waals surface area contributed by atoms with Crippen molar-refractivity contribution in [3.63, 3.8) is 0 Å². The standard InChI is InChI=1S/C15H20FNOS/c1-10(2)7-8-17(11-3-4-11)15(18)13-9-12(19)5-6-14(13)16/h5-6,9-11,19H,3-4,7-8H2,1-2H3. The summed E-state index contributed by atoms with van der Waals surface area (Å²) in [4.78, 5) is 14.9. The number of rotatable bonds is 5. The third-order valence-corrected chi connectivity index (χ3v) is 3.65. The summed E-state index contributed by atoms with van der Waals surface area (Å²) in [5, 5.41) is 0. The van der Waals surface area contributed by atoms with Crippen LogP contribution in [0.2, 0.25) is 0 Å². The normalized spacial score (nSPS) is 14.8. The predicted octanol–water partition coefficient (Wildman–Crippen LogP) is 3.77. The van der Waals surface area contributed by atoms with Gasteiger partial charge in [0, 0.05) is 17.5 Å². The second-order valence-corrected chi connectivity index (χ2v) is 6.09. The smallest absolute Gasteiger partial charge is 0.257 e. The number of carbonyl (C=O) groups is 1. The van der Waals surface area contributed by atoms with Gasteiger partial charge in [-0.1, -0.05) is 13.8 Å². The number of halogens is 1. The summed E-state index contributed by atoms with van der Waals surface area (Å²) in [5.41, 5.74) is 0.142. The predicted molar refractivity (Wildman–Crippen MR) is 77.2 cm³/mol. The van der Waals surface area contributed by atoms with Gasteiger partial charge in [0.1, 0.15) is 5.82 Å². The number of carbonyl (C=O) groups excluding carboxylic acids is 1. The Kier molecular flexibility index (Phi) is 4.50. The molecule has 2 nitrogen and oxygen atoms in total. The van der Waals surface area contributed by atoms with Crippen molar-refractivity contribution >= 4 is 18.5 Å². The molecule has 0 radical (unpaired) electrons. The van der Waals surface area contributed by atoms with Crippen molar-refractivity contribution in [3.05, 3.63) is 29.6 Å². The van der Waals surface area contributed by atoms with Crippen LogP contribution < -0.4 is 0 Å². The zero-order valence-electron chi connectivity index (χ0n) is 11.4. The molecule has 1 aromatic carbocycles. The van der Waals surface area contributed by atoms with Gasteiger partial charge in [0.15, 0.2) is 0 Å². The molecular formula is C15H20FNOS. The van der Waals surface area contributed by atoms with Crippen LogP contribution in [0.3, 0.4) is 0 Å². The van der Waals surface area contributed by atoms with Gasteiger partial charge in [0.2, 0.25) is 0 Å². The Morgan fingerprint density at radius 3 is 2.74 bits per heavy atom. The molecule has 0 N–H and O–H groups in total. The highest BCUT2D eigenvalue weighted by molar-refractivity contribution is 7.80. The fourth-order valence-electron chi connectivity index (χ4n) is 2.07. The number of hydrogen-bond acceptors (Lipinski definition) is 2. The average molecular weight is 281 g/mol. The Balaban J connectivity index is 2.16. The molecule has 0 heterocycles. The highest BCUT2D eigenvalue weighted by Crippen LogP contribution is 2.29. The van der Waals surface area contributed by atoms with Crippen molar-refractivity contribution in [1.29, 1.82) is 0 Å². The minimum absolute atomic E-state index is 0.142. The lowest BCUT2D eigenvalue weighted by molar-refractivity contribution is 0.0730. The van der Waals surface area contributed by atoms with Crippen molar-refractivity contribution in [2.24, 2.45) is 5.92 Å². The maximum absolute atomic E-state index is 13.8. The fourth-order valence-corrected chi connectivity index (χ4v) is 2.27. The van der Waals surface area contributed by atoms with Gasteiger partial charge in [-0.05, 0) is 43.4 Å². The lowest BCUT2D eigenvalue weighted by atomic mass is 10.1. The van der Waals surface area contributed by atoms with E-state index >= 15 is 0 Å². The summed E-state index contributed by atoms with van der Waals surface area (Å²) in [7, 11) is 0. The minimum atomic E-state index is -0.460. The maximum Gasteiger partial charge on any atom is 0.257 e. The molecule has 0 spiro atoms. The monoisotopic (exact) mass is 281 g/mol. The number of nitrogens with zero attached hydrogens (tertiary/aromatic N) is 1. The van der Waals surface area contributed by atoms with E-state index in [0.717, 1.165) is 19.3 Å². The number of amides is 1. The van der Waals surface area contributed by atoms with E-state index in [1.54, 1.807) is 6.07 Å². The number of hydrogen-bond donors (Lipinski definition) is 1. The first-order valence-corrected chi connectivity index (χ1v) is 7.23. The third kappa shape index (κ3) is 3.72. The first kappa shape index (κ1) is 14.4. The molecule has 0 unspecified atom stereocenters. The van der Waals surface area contributed by atoms with Crippen LogP contribution in [0.5, 0.6) is 0 Å². The van der Waals surface area contributed by atoms with E-state index in [9.17, 15) is 9.18 Å². The zero-order chi connectivity index (χ0) is 14.0. The van der Waals surface area contributed by atoms with Crippen LogP contribution in [-0.2, 0) is 0 Å². The van der Waals surface area contributed by atoms with Gasteiger partial charge >= 0.3 is 0 Å². The van der Waals surface area contributed by atoms with Crippen LogP contribution in [0.4, 0.5) is 4.39 Å². The minimum Gasteiger partial charge on any atom is -0.336 e. The molecule has 0 saturated heterocycles. The highest BCUT2D eigenvalue weighted by atomic mass is 32.1. The molecule has 0 aliphatic heterocycles. The summed E-state index contributed by atoms with van der Waals surface area (Å²) in [6.45, 7) is 4.96. The van der Waals surface area contributed by atoms with Crippen LogP contribution >= 0.6 is 12.6 Å². The first-order valence-electron chi connectivity index (χ1n) is 6.78. The SMILES string of the molecule is CC(C)CCN(C(=O)c1cc(S)ccc1F)C1CC1. The highest BCUT2D eigenvalue weighted by Gasteiger charge is 2.33. The van der Waals surface area contributed by atoms with Crippen LogP contribution in [-0.4, -0.2) is 23.4 Å². The molecule has 1 aliphatic carbocycles. The Morgan fingerprint density at radius 2 is 2.16 bits per heavy atom. The molecule has 4 heteroatoms. The van der Waals surface area contributed by atoms with Gasteiger partial charge < -0.3 is 4.90 Å². The number of thiol groups is 1. The average Bonchev–Trinajstić information content (AvgIpc) is 3.16. The molecule has 1 aliphatic rings. The maximum atomic E-state index is 13.8. The van der Waals surface area contributed by atoms with Crippen molar-refractivity contribution in [3.8, 4) is 0 Å². The van der Waals surface area contributed by atoms with E-state index < -0.39 is 5.82 Å². The Bertz CT molecular complexity index is 471. The van der Waals surface area contributed by atoms with Crippen LogP contribution in [0.15, 0.2) is 23.1 Å². The van der Waals surface area contributed by atoms with Crippen molar-refractivity contribution in [1.82, 2.24) is 4.90 Å². The summed E-state index contributed by atoms with van der Waals surface area (Å²) >= 11 is 4.18. The Labute approximate surface area is 119 Å². The van der Waals surface area contributed by atoms with E-state index in [0.29, 0.717) is 23.4 Å². The first-order chi connectivity index (χ1) is 8.99. The molecule has 0 bridgehead atoms. The molecule has 0 atom stereocenters. The van der Waals surface area contributed by atoms with Crippen molar-refractivity contribution < 1.29 is 9.18 Å². The molecule has 1 amide bonds. The van der Waals surface area contributed by atoms with E-state index in [1.165, 1.54) is 12.1 Å². The summed E-state index contributed by atoms with van der Waals surface area (Å²) in [6, 6.07) is 4.69. The Morgan fingerprint density at radius 1 is 1.47 bits per heavy atom. The van der Waals surface area contributed by atoms with Crippen molar-refractivity contribution in [2.45, 2.75) is 44.0 Å². The number of benzene rings is 1. The molecular weight excluding hydrogens is 261 g/mol. The second kappa shape index (κ2) is 5.95. The van der Waals surface area contributed by atoms with E-state index in [-0.39, 0.29) is 11.5 Å². The second-order valence-electron chi connectivity index (χ2n) is 5.58.